The van der Waals surface area contributed by atoms with E-state index >= 15 is 0 Å². The van der Waals surface area contributed by atoms with Crippen LogP contribution in [0.5, 0.6) is 0 Å². The zero-order valence-corrected chi connectivity index (χ0v) is 12.4. The molecule has 1 heterocycles. The van der Waals surface area contributed by atoms with Gasteiger partial charge in [0.15, 0.2) is 0 Å². The number of amides is 1. The lowest BCUT2D eigenvalue weighted by molar-refractivity contribution is -0.127. The van der Waals surface area contributed by atoms with E-state index in [9.17, 15) is 9.00 Å². The molecule has 2 atom stereocenters. The fourth-order valence-corrected chi connectivity index (χ4v) is 3.25. The van der Waals surface area contributed by atoms with Gasteiger partial charge in [0, 0.05) is 35.7 Å². The first-order valence-corrected chi connectivity index (χ1v) is 8.42. The van der Waals surface area contributed by atoms with Crippen molar-refractivity contribution in [2.45, 2.75) is 45.1 Å². The van der Waals surface area contributed by atoms with E-state index in [-0.39, 0.29) is 11.7 Å². The minimum absolute atomic E-state index is 0.0782. The third-order valence-corrected chi connectivity index (χ3v) is 4.81. The van der Waals surface area contributed by atoms with Gasteiger partial charge in [0.05, 0.1) is 0 Å². The van der Waals surface area contributed by atoms with Crippen molar-refractivity contribution in [1.82, 2.24) is 10.2 Å². The summed E-state index contributed by atoms with van der Waals surface area (Å²) >= 11 is 0. The maximum atomic E-state index is 11.8. The highest BCUT2D eigenvalue weighted by Crippen LogP contribution is 2.08. The van der Waals surface area contributed by atoms with Gasteiger partial charge in [-0.25, -0.2) is 0 Å². The molecule has 0 aromatic rings. The maximum Gasteiger partial charge on any atom is 0.235 e. The van der Waals surface area contributed by atoms with Gasteiger partial charge >= 0.3 is 0 Å². The molecule has 0 aromatic heterocycles. The van der Waals surface area contributed by atoms with Crippen LogP contribution in [0.15, 0.2) is 0 Å². The van der Waals surface area contributed by atoms with Crippen LogP contribution < -0.4 is 5.32 Å². The number of hydrogen-bond donors (Lipinski definition) is 1. The molecule has 0 radical (unpaired) electrons. The Labute approximate surface area is 113 Å². The minimum atomic E-state index is -0.974. The van der Waals surface area contributed by atoms with E-state index in [4.69, 9.17) is 0 Å². The number of nitrogens with one attached hydrogen (secondary N) is 1. The van der Waals surface area contributed by atoms with Gasteiger partial charge in [-0.05, 0) is 39.7 Å². The summed E-state index contributed by atoms with van der Waals surface area (Å²) in [6, 6.07) is 0.518. The lowest BCUT2D eigenvalue weighted by Gasteiger charge is -2.14. The SMILES string of the molecule is CNC(C)CCCCS(=O)CC(=O)N1CCCC1. The molecule has 106 valence electrons. The largest absolute Gasteiger partial charge is 0.342 e. The van der Waals surface area contributed by atoms with Crippen molar-refractivity contribution in [2.75, 3.05) is 31.6 Å². The first kappa shape index (κ1) is 15.6. The highest BCUT2D eigenvalue weighted by Gasteiger charge is 2.19. The molecule has 1 rings (SSSR count). The standard InChI is InChI=1S/C13H26N2O2S/c1-12(14-2)7-3-6-10-18(17)11-13(16)15-8-4-5-9-15/h12,14H,3-11H2,1-2H3. The minimum Gasteiger partial charge on any atom is -0.342 e. The molecule has 5 heteroatoms. The number of carbonyl (C=O) groups excluding carboxylic acids is 1. The fourth-order valence-electron chi connectivity index (χ4n) is 2.13. The molecule has 1 N–H and O–H groups in total. The quantitative estimate of drug-likeness (QED) is 0.675. The molecule has 2 unspecified atom stereocenters. The van der Waals surface area contributed by atoms with Crippen molar-refractivity contribution in [3.63, 3.8) is 0 Å². The van der Waals surface area contributed by atoms with Gasteiger partial charge in [-0.15, -0.1) is 0 Å². The highest BCUT2D eigenvalue weighted by atomic mass is 32.2. The Kier molecular flexibility index (Phi) is 7.51. The summed E-state index contributed by atoms with van der Waals surface area (Å²) in [4.78, 5) is 13.6. The molecule has 1 saturated heterocycles. The van der Waals surface area contributed by atoms with Crippen molar-refractivity contribution in [3.05, 3.63) is 0 Å². The summed E-state index contributed by atoms with van der Waals surface area (Å²) in [6.45, 7) is 3.86. The Hall–Kier alpha value is -0.420. The molecule has 0 bridgehead atoms. The second-order valence-corrected chi connectivity index (χ2v) is 6.64. The van der Waals surface area contributed by atoms with Gasteiger partial charge < -0.3 is 10.2 Å². The van der Waals surface area contributed by atoms with Crippen LogP contribution in [0.25, 0.3) is 0 Å². The van der Waals surface area contributed by atoms with E-state index in [0.29, 0.717) is 11.8 Å². The van der Waals surface area contributed by atoms with E-state index < -0.39 is 10.8 Å². The molecule has 1 aliphatic heterocycles. The smallest absolute Gasteiger partial charge is 0.235 e. The van der Waals surface area contributed by atoms with Crippen LogP contribution in [0.1, 0.15) is 39.0 Å². The predicted molar refractivity (Wildman–Crippen MR) is 76.1 cm³/mol. The molecule has 0 saturated carbocycles. The molecule has 1 amide bonds. The van der Waals surface area contributed by atoms with E-state index in [1.54, 1.807) is 0 Å². The number of nitrogens with zero attached hydrogens (tertiary/aromatic N) is 1. The van der Waals surface area contributed by atoms with Gasteiger partial charge in [-0.1, -0.05) is 6.42 Å². The summed E-state index contributed by atoms with van der Waals surface area (Å²) in [7, 11) is 0.981. The van der Waals surface area contributed by atoms with Gasteiger partial charge in [0.1, 0.15) is 5.75 Å². The molecular formula is C13H26N2O2S. The summed E-state index contributed by atoms with van der Waals surface area (Å²) in [6.07, 6.45) is 5.33. The van der Waals surface area contributed by atoms with Crippen LogP contribution >= 0.6 is 0 Å². The van der Waals surface area contributed by atoms with Crippen molar-refractivity contribution in [3.8, 4) is 0 Å². The van der Waals surface area contributed by atoms with E-state index in [1.807, 2.05) is 11.9 Å². The zero-order valence-electron chi connectivity index (χ0n) is 11.6. The van der Waals surface area contributed by atoms with Gasteiger partial charge in [0.2, 0.25) is 5.91 Å². The molecule has 18 heavy (non-hydrogen) atoms. The first-order chi connectivity index (χ1) is 8.63. The molecular weight excluding hydrogens is 248 g/mol. The topological polar surface area (TPSA) is 49.4 Å². The Morgan fingerprint density at radius 1 is 1.33 bits per heavy atom. The van der Waals surface area contributed by atoms with Crippen LogP contribution in [0.2, 0.25) is 0 Å². The predicted octanol–water partition coefficient (Wildman–Crippen LogP) is 1.14. The van der Waals surface area contributed by atoms with Crippen molar-refractivity contribution in [2.24, 2.45) is 0 Å². The third-order valence-electron chi connectivity index (χ3n) is 3.50. The average Bonchev–Trinajstić information content (AvgIpc) is 2.88. The second kappa shape index (κ2) is 8.64. The third kappa shape index (κ3) is 5.96. The van der Waals surface area contributed by atoms with E-state index in [2.05, 4.69) is 12.2 Å². The summed E-state index contributed by atoms with van der Waals surface area (Å²) in [5, 5.41) is 3.19. The van der Waals surface area contributed by atoms with Crippen LogP contribution in [0.3, 0.4) is 0 Å². The lowest BCUT2D eigenvalue weighted by Crippen LogP contribution is -2.32. The molecule has 0 aliphatic carbocycles. The van der Waals surface area contributed by atoms with Crippen LogP contribution in [0.4, 0.5) is 0 Å². The summed E-state index contributed by atoms with van der Waals surface area (Å²) in [5.74, 6) is 0.965. The first-order valence-electron chi connectivity index (χ1n) is 6.93. The summed E-state index contributed by atoms with van der Waals surface area (Å²) < 4.78 is 11.8. The lowest BCUT2D eigenvalue weighted by atomic mass is 10.1. The fraction of sp³-hybridized carbons (Fsp3) is 0.923. The monoisotopic (exact) mass is 274 g/mol. The van der Waals surface area contributed by atoms with Gasteiger partial charge in [-0.3, -0.25) is 9.00 Å². The van der Waals surface area contributed by atoms with Gasteiger partial charge in [-0.2, -0.15) is 0 Å². The number of hydrogen-bond acceptors (Lipinski definition) is 3. The maximum absolute atomic E-state index is 11.8. The van der Waals surface area contributed by atoms with Crippen LogP contribution in [0, 0.1) is 0 Å². The van der Waals surface area contributed by atoms with Crippen molar-refractivity contribution < 1.29 is 9.00 Å². The van der Waals surface area contributed by atoms with Crippen molar-refractivity contribution in [1.29, 1.82) is 0 Å². The number of rotatable bonds is 8. The highest BCUT2D eigenvalue weighted by molar-refractivity contribution is 7.85. The second-order valence-electron chi connectivity index (χ2n) is 5.06. The molecule has 0 spiro atoms. The molecule has 0 aromatic carbocycles. The number of unbranched alkanes of at least 4 members (excludes halogenated alkanes) is 1. The molecule has 1 fully saturated rings. The van der Waals surface area contributed by atoms with E-state index in [1.165, 1.54) is 0 Å². The molecule has 1 aliphatic rings. The number of carbonyl (C=O) groups is 1. The Bertz CT molecular complexity index is 278. The Balaban J connectivity index is 2.08. The van der Waals surface area contributed by atoms with Crippen LogP contribution in [-0.4, -0.2) is 52.7 Å². The zero-order chi connectivity index (χ0) is 13.4. The summed E-state index contributed by atoms with van der Waals surface area (Å²) in [5.41, 5.74) is 0. The Morgan fingerprint density at radius 2 is 2.00 bits per heavy atom. The Morgan fingerprint density at radius 3 is 2.61 bits per heavy atom. The van der Waals surface area contributed by atoms with Crippen LogP contribution in [-0.2, 0) is 15.6 Å². The number of likely N-dealkylation sites (tertiary alicyclic amines) is 1. The van der Waals surface area contributed by atoms with Gasteiger partial charge in [0.25, 0.3) is 0 Å². The van der Waals surface area contributed by atoms with Crippen molar-refractivity contribution >= 4 is 16.7 Å². The molecule has 4 nitrogen and oxygen atoms in total. The normalized spacial score (nSPS) is 18.9. The average molecular weight is 274 g/mol. The van der Waals surface area contributed by atoms with E-state index in [0.717, 1.165) is 45.2 Å².